The number of amides is 2. The van der Waals surface area contributed by atoms with E-state index in [1.54, 1.807) is 24.3 Å². The summed E-state index contributed by atoms with van der Waals surface area (Å²) in [5.41, 5.74) is 0.841. The second-order valence-corrected chi connectivity index (χ2v) is 3.63. The number of rotatable bonds is 2. The number of nitrogens with one attached hydrogen (secondary N) is 1. The van der Waals surface area contributed by atoms with Crippen molar-refractivity contribution in [2.24, 2.45) is 0 Å². The van der Waals surface area contributed by atoms with Crippen molar-refractivity contribution < 1.29 is 14.3 Å². The van der Waals surface area contributed by atoms with E-state index in [1.165, 1.54) is 7.11 Å². The molecule has 0 unspecified atom stereocenters. The third-order valence-electron chi connectivity index (χ3n) is 2.22. The van der Waals surface area contributed by atoms with Crippen LogP contribution in [0.2, 0.25) is 5.02 Å². The first-order valence-electron chi connectivity index (χ1n) is 4.53. The Labute approximate surface area is 96.9 Å². The summed E-state index contributed by atoms with van der Waals surface area (Å²) < 4.78 is 4.90. The molecule has 1 N–H and O–H groups in total. The van der Waals surface area contributed by atoms with Crippen LogP contribution in [0.5, 0.6) is 0 Å². The predicted octanol–water partition coefficient (Wildman–Crippen LogP) is 1.35. The predicted molar refractivity (Wildman–Crippen MR) is 58.5 cm³/mol. The second-order valence-electron chi connectivity index (χ2n) is 3.20. The number of benzene rings is 1. The van der Waals surface area contributed by atoms with Gasteiger partial charge in [0.1, 0.15) is 0 Å². The summed E-state index contributed by atoms with van der Waals surface area (Å²) in [6, 6.07) is 6.62. The SMILES string of the molecule is COC1=C(c2ccc(Cl)cc2)C(=O)NC1=O. The van der Waals surface area contributed by atoms with E-state index in [0.717, 1.165) is 0 Å². The average Bonchev–Trinajstić information content (AvgIpc) is 2.54. The van der Waals surface area contributed by atoms with Crippen LogP contribution in [0.25, 0.3) is 5.57 Å². The summed E-state index contributed by atoms with van der Waals surface area (Å²) >= 11 is 5.74. The Hall–Kier alpha value is -1.81. The standard InChI is InChI=1S/C11H8ClNO3/c1-16-9-8(10(14)13-11(9)15)6-2-4-7(12)5-3-6/h2-5H,1H3,(H,13,14,15). The van der Waals surface area contributed by atoms with Crippen LogP contribution in [-0.2, 0) is 14.3 Å². The highest BCUT2D eigenvalue weighted by Gasteiger charge is 2.32. The average molecular weight is 238 g/mol. The molecule has 1 aliphatic rings. The van der Waals surface area contributed by atoms with Crippen molar-refractivity contribution >= 4 is 29.0 Å². The minimum atomic E-state index is -0.516. The van der Waals surface area contributed by atoms with Gasteiger partial charge in [-0.1, -0.05) is 23.7 Å². The minimum Gasteiger partial charge on any atom is -0.490 e. The van der Waals surface area contributed by atoms with Crippen molar-refractivity contribution in [2.75, 3.05) is 7.11 Å². The molecule has 0 radical (unpaired) electrons. The van der Waals surface area contributed by atoms with Crippen molar-refractivity contribution in [2.45, 2.75) is 0 Å². The number of carbonyl (C=O) groups excluding carboxylic acids is 2. The monoisotopic (exact) mass is 237 g/mol. The minimum absolute atomic E-state index is 0.0346. The van der Waals surface area contributed by atoms with Gasteiger partial charge in [-0.25, -0.2) is 0 Å². The summed E-state index contributed by atoms with van der Waals surface area (Å²) in [7, 11) is 1.35. The Morgan fingerprint density at radius 2 is 1.75 bits per heavy atom. The molecule has 0 saturated carbocycles. The third kappa shape index (κ3) is 1.67. The molecule has 16 heavy (non-hydrogen) atoms. The third-order valence-corrected chi connectivity index (χ3v) is 2.48. The van der Waals surface area contributed by atoms with Gasteiger partial charge in [-0.2, -0.15) is 0 Å². The quantitative estimate of drug-likeness (QED) is 0.790. The molecular formula is C11H8ClNO3. The molecule has 0 aromatic heterocycles. The molecule has 1 heterocycles. The second kappa shape index (κ2) is 3.98. The number of hydrogen-bond donors (Lipinski definition) is 1. The maximum absolute atomic E-state index is 11.5. The van der Waals surface area contributed by atoms with Crippen molar-refractivity contribution in [3.8, 4) is 0 Å². The highest BCUT2D eigenvalue weighted by atomic mass is 35.5. The molecule has 2 rings (SSSR count). The van der Waals surface area contributed by atoms with Crippen molar-refractivity contribution in [1.29, 1.82) is 0 Å². The van der Waals surface area contributed by atoms with Gasteiger partial charge >= 0.3 is 0 Å². The Morgan fingerprint density at radius 3 is 2.31 bits per heavy atom. The van der Waals surface area contributed by atoms with Gasteiger partial charge < -0.3 is 4.74 Å². The Morgan fingerprint density at radius 1 is 1.12 bits per heavy atom. The Balaban J connectivity index is 2.53. The number of imide groups is 1. The zero-order valence-corrected chi connectivity index (χ0v) is 9.17. The zero-order valence-electron chi connectivity index (χ0n) is 8.41. The van der Waals surface area contributed by atoms with Crippen LogP contribution in [0, 0.1) is 0 Å². The molecule has 0 atom stereocenters. The fourth-order valence-corrected chi connectivity index (χ4v) is 1.64. The number of carbonyl (C=O) groups is 2. The van der Waals surface area contributed by atoms with E-state index in [0.29, 0.717) is 10.6 Å². The first-order chi connectivity index (χ1) is 7.63. The van der Waals surface area contributed by atoms with E-state index in [2.05, 4.69) is 5.32 Å². The van der Waals surface area contributed by atoms with Crippen LogP contribution >= 0.6 is 11.6 Å². The molecule has 1 aromatic rings. The molecular weight excluding hydrogens is 230 g/mol. The molecule has 0 aliphatic carbocycles. The van der Waals surface area contributed by atoms with E-state index in [9.17, 15) is 9.59 Å². The summed E-state index contributed by atoms with van der Waals surface area (Å²) in [6.07, 6.45) is 0. The van der Waals surface area contributed by atoms with E-state index < -0.39 is 11.8 Å². The lowest BCUT2D eigenvalue weighted by Crippen LogP contribution is -2.23. The van der Waals surface area contributed by atoms with Gasteiger partial charge in [-0.15, -0.1) is 0 Å². The molecule has 0 spiro atoms. The molecule has 0 fully saturated rings. The van der Waals surface area contributed by atoms with Gasteiger partial charge in [-0.05, 0) is 17.7 Å². The number of halogens is 1. The van der Waals surface area contributed by atoms with Crippen LogP contribution in [-0.4, -0.2) is 18.9 Å². The van der Waals surface area contributed by atoms with Gasteiger partial charge in [0.2, 0.25) is 0 Å². The van der Waals surface area contributed by atoms with Gasteiger partial charge in [0, 0.05) is 5.02 Å². The van der Waals surface area contributed by atoms with Crippen LogP contribution in [0.15, 0.2) is 30.0 Å². The maximum Gasteiger partial charge on any atom is 0.294 e. The van der Waals surface area contributed by atoms with E-state index in [1.807, 2.05) is 0 Å². The Kier molecular flexibility index (Phi) is 2.66. The molecule has 82 valence electrons. The highest BCUT2D eigenvalue weighted by Crippen LogP contribution is 2.25. The van der Waals surface area contributed by atoms with Gasteiger partial charge in [0.25, 0.3) is 11.8 Å². The van der Waals surface area contributed by atoms with Crippen LogP contribution in [0.3, 0.4) is 0 Å². The fraction of sp³-hybridized carbons (Fsp3) is 0.0909. The van der Waals surface area contributed by atoms with E-state index in [-0.39, 0.29) is 11.3 Å². The fourth-order valence-electron chi connectivity index (χ4n) is 1.51. The number of hydrogen-bond acceptors (Lipinski definition) is 3. The molecule has 2 amide bonds. The van der Waals surface area contributed by atoms with E-state index >= 15 is 0 Å². The van der Waals surface area contributed by atoms with Crippen LogP contribution in [0.1, 0.15) is 5.56 Å². The molecule has 0 bridgehead atoms. The lowest BCUT2D eigenvalue weighted by Gasteiger charge is -2.02. The normalized spacial score (nSPS) is 15.4. The largest absolute Gasteiger partial charge is 0.490 e. The van der Waals surface area contributed by atoms with E-state index in [4.69, 9.17) is 16.3 Å². The van der Waals surface area contributed by atoms with Crippen LogP contribution in [0.4, 0.5) is 0 Å². The molecule has 1 aliphatic heterocycles. The molecule has 4 nitrogen and oxygen atoms in total. The molecule has 0 saturated heterocycles. The van der Waals surface area contributed by atoms with Gasteiger partial charge in [-0.3, -0.25) is 14.9 Å². The smallest absolute Gasteiger partial charge is 0.294 e. The van der Waals surface area contributed by atoms with Crippen molar-refractivity contribution in [3.05, 3.63) is 40.6 Å². The van der Waals surface area contributed by atoms with Crippen LogP contribution < -0.4 is 5.32 Å². The van der Waals surface area contributed by atoms with Crippen molar-refractivity contribution in [1.82, 2.24) is 5.32 Å². The van der Waals surface area contributed by atoms with Gasteiger partial charge in [0.15, 0.2) is 5.76 Å². The number of ether oxygens (including phenoxy) is 1. The lowest BCUT2D eigenvalue weighted by atomic mass is 10.1. The number of methoxy groups -OCH3 is 1. The molecule has 5 heteroatoms. The maximum atomic E-state index is 11.5. The summed E-state index contributed by atoms with van der Waals surface area (Å²) in [4.78, 5) is 22.9. The van der Waals surface area contributed by atoms with Gasteiger partial charge in [0.05, 0.1) is 12.7 Å². The highest BCUT2D eigenvalue weighted by molar-refractivity contribution is 6.35. The topological polar surface area (TPSA) is 55.4 Å². The Bertz CT molecular complexity index is 490. The molecule has 1 aromatic carbocycles. The lowest BCUT2D eigenvalue weighted by molar-refractivity contribution is -0.124. The summed E-state index contributed by atoms with van der Waals surface area (Å²) in [5.74, 6) is -0.936. The zero-order chi connectivity index (χ0) is 11.7. The van der Waals surface area contributed by atoms with Crippen molar-refractivity contribution in [3.63, 3.8) is 0 Å². The first kappa shape index (κ1) is 10.7. The first-order valence-corrected chi connectivity index (χ1v) is 4.91. The summed E-state index contributed by atoms with van der Waals surface area (Å²) in [6.45, 7) is 0. The summed E-state index contributed by atoms with van der Waals surface area (Å²) in [5, 5.41) is 2.73.